The number of amides is 1. The van der Waals surface area contributed by atoms with Gasteiger partial charge in [0.1, 0.15) is 0 Å². The van der Waals surface area contributed by atoms with E-state index in [0.29, 0.717) is 24.3 Å². The molecule has 0 saturated carbocycles. The van der Waals surface area contributed by atoms with E-state index in [2.05, 4.69) is 14.9 Å². The lowest BCUT2D eigenvalue weighted by Crippen LogP contribution is -2.48. The normalized spacial score (nSPS) is 14.1. The van der Waals surface area contributed by atoms with Crippen LogP contribution in [0.2, 0.25) is 0 Å². The first-order valence-electron chi connectivity index (χ1n) is 11.5. The standard InChI is InChI=1S/C25H26N6O3S2/c1-28-18-23(27-19-28)36(33,34)31(17-20-5-3-2-4-6-20)22-9-7-21(8-10-22)24(32)29-12-14-30(15-13-29)25-26-11-16-35-25/h2-11,16,18-19H,12-15,17H2,1H3. The van der Waals surface area contributed by atoms with Crippen molar-refractivity contribution in [1.29, 1.82) is 0 Å². The summed E-state index contributed by atoms with van der Waals surface area (Å²) in [4.78, 5) is 25.6. The van der Waals surface area contributed by atoms with Gasteiger partial charge >= 0.3 is 0 Å². The van der Waals surface area contributed by atoms with E-state index < -0.39 is 10.0 Å². The number of aryl methyl sites for hydroxylation is 1. The summed E-state index contributed by atoms with van der Waals surface area (Å²) < 4.78 is 29.9. The smallest absolute Gasteiger partial charge is 0.283 e. The highest BCUT2D eigenvalue weighted by Gasteiger charge is 2.28. The average Bonchev–Trinajstić information content (AvgIpc) is 3.60. The van der Waals surface area contributed by atoms with Crippen molar-refractivity contribution in [2.24, 2.45) is 7.05 Å². The number of carbonyl (C=O) groups is 1. The van der Waals surface area contributed by atoms with Crippen molar-refractivity contribution in [3.05, 3.63) is 89.8 Å². The highest BCUT2D eigenvalue weighted by Crippen LogP contribution is 2.26. The number of hydrogen-bond acceptors (Lipinski definition) is 7. The molecule has 2 aromatic heterocycles. The maximum absolute atomic E-state index is 13.5. The molecule has 0 spiro atoms. The Hall–Kier alpha value is -3.70. The fourth-order valence-corrected chi connectivity index (χ4v) is 6.25. The molecule has 1 saturated heterocycles. The van der Waals surface area contributed by atoms with Gasteiger partial charge in [-0.1, -0.05) is 30.3 Å². The first kappa shape index (κ1) is 24.0. The van der Waals surface area contributed by atoms with Gasteiger partial charge in [-0.25, -0.2) is 9.97 Å². The number of anilines is 2. The SMILES string of the molecule is Cn1cnc(S(=O)(=O)N(Cc2ccccc2)c2ccc(C(=O)N3CCN(c4nccs4)CC3)cc2)c1. The molecule has 9 nitrogen and oxygen atoms in total. The molecule has 186 valence electrons. The third kappa shape index (κ3) is 4.98. The van der Waals surface area contributed by atoms with Crippen LogP contribution >= 0.6 is 11.3 Å². The van der Waals surface area contributed by atoms with Crippen molar-refractivity contribution in [2.75, 3.05) is 35.4 Å². The minimum Gasteiger partial charge on any atom is -0.345 e. The second-order valence-corrected chi connectivity index (χ2v) is 11.2. The molecule has 0 N–H and O–H groups in total. The summed E-state index contributed by atoms with van der Waals surface area (Å²) in [6.07, 6.45) is 4.73. The van der Waals surface area contributed by atoms with Gasteiger partial charge in [0.25, 0.3) is 15.9 Å². The molecule has 1 aliphatic heterocycles. The maximum atomic E-state index is 13.5. The van der Waals surface area contributed by atoms with Crippen molar-refractivity contribution in [3.63, 3.8) is 0 Å². The molecule has 0 radical (unpaired) electrons. The van der Waals surface area contributed by atoms with E-state index in [1.165, 1.54) is 16.8 Å². The number of imidazole rings is 1. The largest absolute Gasteiger partial charge is 0.345 e. The quantitative estimate of drug-likeness (QED) is 0.370. The number of aromatic nitrogens is 3. The Morgan fingerprint density at radius 3 is 2.33 bits per heavy atom. The lowest BCUT2D eigenvalue weighted by molar-refractivity contribution is 0.0747. The van der Waals surface area contributed by atoms with Gasteiger partial charge in [0.05, 0.1) is 18.6 Å². The monoisotopic (exact) mass is 522 g/mol. The zero-order valence-corrected chi connectivity index (χ0v) is 21.4. The Labute approximate surface area is 214 Å². The molecule has 3 heterocycles. The van der Waals surface area contributed by atoms with E-state index in [4.69, 9.17) is 0 Å². The Morgan fingerprint density at radius 1 is 1.00 bits per heavy atom. The molecule has 5 rings (SSSR count). The first-order chi connectivity index (χ1) is 17.4. The molecule has 4 aromatic rings. The molecule has 1 amide bonds. The second-order valence-electron chi connectivity index (χ2n) is 8.52. The maximum Gasteiger partial charge on any atom is 0.283 e. The summed E-state index contributed by atoms with van der Waals surface area (Å²) in [6.45, 7) is 2.81. The predicted molar refractivity (Wildman–Crippen MR) is 140 cm³/mol. The van der Waals surface area contributed by atoms with E-state index in [1.54, 1.807) is 53.4 Å². The fourth-order valence-electron chi connectivity index (χ4n) is 4.12. The van der Waals surface area contributed by atoms with Crippen LogP contribution in [-0.2, 0) is 23.6 Å². The van der Waals surface area contributed by atoms with Gasteiger partial charge in [0.15, 0.2) is 10.2 Å². The molecule has 0 unspecified atom stereocenters. The van der Waals surface area contributed by atoms with E-state index in [9.17, 15) is 13.2 Å². The third-order valence-electron chi connectivity index (χ3n) is 6.06. The van der Waals surface area contributed by atoms with Gasteiger partial charge in [-0.15, -0.1) is 11.3 Å². The van der Waals surface area contributed by atoms with Crippen LogP contribution in [0.5, 0.6) is 0 Å². The molecule has 1 aliphatic rings. The molecule has 0 atom stereocenters. The summed E-state index contributed by atoms with van der Waals surface area (Å²) in [5, 5.41) is 2.89. The van der Waals surface area contributed by atoms with Gasteiger partial charge in [0.2, 0.25) is 0 Å². The number of benzene rings is 2. The van der Waals surface area contributed by atoms with Crippen molar-refractivity contribution in [3.8, 4) is 0 Å². The summed E-state index contributed by atoms with van der Waals surface area (Å²) in [5.74, 6) is -0.0671. The highest BCUT2D eigenvalue weighted by molar-refractivity contribution is 7.92. The average molecular weight is 523 g/mol. The molecule has 0 aliphatic carbocycles. The number of rotatable bonds is 7. The number of carbonyl (C=O) groups excluding carboxylic acids is 1. The number of nitrogens with zero attached hydrogens (tertiary/aromatic N) is 6. The summed E-state index contributed by atoms with van der Waals surface area (Å²) >= 11 is 1.59. The number of sulfonamides is 1. The fraction of sp³-hybridized carbons (Fsp3) is 0.240. The Balaban J connectivity index is 1.35. The van der Waals surface area contributed by atoms with E-state index in [1.807, 2.05) is 40.6 Å². The van der Waals surface area contributed by atoms with Gasteiger partial charge < -0.3 is 14.4 Å². The molecule has 0 bridgehead atoms. The van der Waals surface area contributed by atoms with Crippen LogP contribution in [0.3, 0.4) is 0 Å². The second kappa shape index (κ2) is 10.1. The van der Waals surface area contributed by atoms with Crippen LogP contribution in [0.1, 0.15) is 15.9 Å². The minimum absolute atomic E-state index is 0.0285. The van der Waals surface area contributed by atoms with E-state index in [-0.39, 0.29) is 17.5 Å². The van der Waals surface area contributed by atoms with Crippen molar-refractivity contribution in [2.45, 2.75) is 11.6 Å². The Kier molecular flexibility index (Phi) is 6.75. The number of piperazine rings is 1. The molecule has 11 heteroatoms. The summed E-state index contributed by atoms with van der Waals surface area (Å²) in [5.41, 5.74) is 1.83. The van der Waals surface area contributed by atoms with E-state index in [0.717, 1.165) is 23.8 Å². The zero-order chi connectivity index (χ0) is 25.1. The van der Waals surface area contributed by atoms with E-state index >= 15 is 0 Å². The van der Waals surface area contributed by atoms with Gasteiger partial charge in [-0.05, 0) is 29.8 Å². The van der Waals surface area contributed by atoms with Crippen LogP contribution in [0.15, 0.2) is 83.7 Å². The lowest BCUT2D eigenvalue weighted by Gasteiger charge is -2.34. The number of hydrogen-bond donors (Lipinski definition) is 0. The van der Waals surface area contributed by atoms with Gasteiger partial charge in [-0.3, -0.25) is 9.10 Å². The molecular formula is C25H26N6O3S2. The van der Waals surface area contributed by atoms with Gasteiger partial charge in [-0.2, -0.15) is 8.42 Å². The molecule has 2 aromatic carbocycles. The van der Waals surface area contributed by atoms with Crippen molar-refractivity contribution in [1.82, 2.24) is 19.4 Å². The van der Waals surface area contributed by atoms with Crippen LogP contribution in [0, 0.1) is 0 Å². The van der Waals surface area contributed by atoms with Gasteiger partial charge in [0, 0.05) is 56.6 Å². The van der Waals surface area contributed by atoms with Crippen molar-refractivity contribution >= 4 is 38.1 Å². The van der Waals surface area contributed by atoms with Crippen LogP contribution in [-0.4, -0.2) is 59.9 Å². The Bertz CT molecular complexity index is 1410. The van der Waals surface area contributed by atoms with Crippen LogP contribution in [0.4, 0.5) is 10.8 Å². The first-order valence-corrected chi connectivity index (χ1v) is 13.8. The molecule has 1 fully saturated rings. The summed E-state index contributed by atoms with van der Waals surface area (Å²) in [7, 11) is -2.19. The molecule has 36 heavy (non-hydrogen) atoms. The highest BCUT2D eigenvalue weighted by atomic mass is 32.2. The zero-order valence-electron chi connectivity index (χ0n) is 19.8. The van der Waals surface area contributed by atoms with Crippen molar-refractivity contribution < 1.29 is 13.2 Å². The lowest BCUT2D eigenvalue weighted by atomic mass is 10.1. The summed E-state index contributed by atoms with van der Waals surface area (Å²) in [6, 6.07) is 16.1. The predicted octanol–water partition coefficient (Wildman–Crippen LogP) is 3.23. The molecular weight excluding hydrogens is 496 g/mol. The minimum atomic E-state index is -3.92. The topological polar surface area (TPSA) is 91.6 Å². The third-order valence-corrected chi connectivity index (χ3v) is 8.56. The van der Waals surface area contributed by atoms with Crippen LogP contribution < -0.4 is 9.21 Å². The Morgan fingerprint density at radius 2 is 1.72 bits per heavy atom. The number of thiazole rings is 1. The van der Waals surface area contributed by atoms with Crippen LogP contribution in [0.25, 0.3) is 0 Å².